The first-order valence-electron chi connectivity index (χ1n) is 5.88. The van der Waals surface area contributed by atoms with E-state index in [-0.39, 0.29) is 5.88 Å². The molecule has 3 nitrogen and oxygen atoms in total. The molecule has 0 N–H and O–H groups in total. The van der Waals surface area contributed by atoms with Crippen LogP contribution in [0.1, 0.15) is 5.56 Å². The summed E-state index contributed by atoms with van der Waals surface area (Å²) in [6.45, 7) is -3.10. The first-order chi connectivity index (χ1) is 10.0. The van der Waals surface area contributed by atoms with Crippen molar-refractivity contribution in [2.24, 2.45) is 0 Å². The predicted molar refractivity (Wildman–Crippen MR) is 72.4 cm³/mol. The summed E-state index contributed by atoms with van der Waals surface area (Å²) in [7, 11) is 1.46. The average Bonchev–Trinajstić information content (AvgIpc) is 2.48. The van der Waals surface area contributed by atoms with E-state index in [4.69, 9.17) is 16.3 Å². The van der Waals surface area contributed by atoms with Crippen molar-refractivity contribution in [1.29, 1.82) is 0 Å². The number of benzene rings is 1. The molecule has 1 aromatic carbocycles. The molecule has 0 aliphatic rings. The number of aromatic nitrogens is 1. The van der Waals surface area contributed by atoms with E-state index in [2.05, 4.69) is 9.72 Å². The maximum atomic E-state index is 13.4. The van der Waals surface area contributed by atoms with Gasteiger partial charge in [-0.3, -0.25) is 0 Å². The van der Waals surface area contributed by atoms with Crippen LogP contribution in [-0.2, 0) is 5.88 Å². The molecule has 0 aliphatic carbocycles. The standard InChI is InChI=1S/C14H11ClF3NO2/c1-20-13-9(6-15)4-10(7-19-13)8-2-3-11(16)12(5-8)21-14(17)18/h2-5,7,14H,6H2,1H3. The number of alkyl halides is 3. The summed E-state index contributed by atoms with van der Waals surface area (Å²) < 4.78 is 47.0. The van der Waals surface area contributed by atoms with Crippen LogP contribution in [0.15, 0.2) is 30.5 Å². The lowest BCUT2D eigenvalue weighted by atomic mass is 10.1. The number of hydrogen-bond acceptors (Lipinski definition) is 3. The Kier molecular flexibility index (Phi) is 4.90. The molecule has 2 rings (SSSR count). The molecule has 112 valence electrons. The Bertz CT molecular complexity index is 638. The third-order valence-electron chi connectivity index (χ3n) is 2.74. The Morgan fingerprint density at radius 1 is 1.24 bits per heavy atom. The Morgan fingerprint density at radius 3 is 2.62 bits per heavy atom. The van der Waals surface area contributed by atoms with Crippen molar-refractivity contribution in [2.75, 3.05) is 7.11 Å². The van der Waals surface area contributed by atoms with Gasteiger partial charge in [0.2, 0.25) is 5.88 Å². The number of rotatable bonds is 5. The zero-order chi connectivity index (χ0) is 15.4. The fourth-order valence-corrected chi connectivity index (χ4v) is 2.00. The normalized spacial score (nSPS) is 10.8. The van der Waals surface area contributed by atoms with Crippen LogP contribution < -0.4 is 9.47 Å². The van der Waals surface area contributed by atoms with Crippen molar-refractivity contribution in [2.45, 2.75) is 12.5 Å². The van der Waals surface area contributed by atoms with Gasteiger partial charge in [-0.1, -0.05) is 6.07 Å². The average molecular weight is 318 g/mol. The number of hydrogen-bond donors (Lipinski definition) is 0. The van der Waals surface area contributed by atoms with Gasteiger partial charge in [0.15, 0.2) is 11.6 Å². The van der Waals surface area contributed by atoms with E-state index in [0.717, 1.165) is 6.07 Å². The van der Waals surface area contributed by atoms with E-state index in [1.807, 2.05) is 0 Å². The molecule has 2 aromatic rings. The third kappa shape index (κ3) is 3.58. The van der Waals surface area contributed by atoms with E-state index in [1.165, 1.54) is 25.4 Å². The van der Waals surface area contributed by atoms with Gasteiger partial charge in [-0.15, -0.1) is 11.6 Å². The minimum absolute atomic E-state index is 0.172. The SMILES string of the molecule is COc1ncc(-c2ccc(F)c(OC(F)F)c2)cc1CCl. The van der Waals surface area contributed by atoms with Crippen LogP contribution in [0.5, 0.6) is 11.6 Å². The molecule has 1 heterocycles. The lowest BCUT2D eigenvalue weighted by Crippen LogP contribution is -2.03. The number of ether oxygens (including phenoxy) is 2. The quantitative estimate of drug-likeness (QED) is 0.773. The van der Waals surface area contributed by atoms with Crippen molar-refractivity contribution in [3.63, 3.8) is 0 Å². The van der Waals surface area contributed by atoms with Crippen LogP contribution in [0, 0.1) is 5.82 Å². The Hall–Kier alpha value is -1.95. The van der Waals surface area contributed by atoms with Crippen LogP contribution in [0.2, 0.25) is 0 Å². The van der Waals surface area contributed by atoms with Crippen LogP contribution in [0.25, 0.3) is 11.1 Å². The molecule has 0 fully saturated rings. The summed E-state index contributed by atoms with van der Waals surface area (Å²) >= 11 is 5.79. The molecular formula is C14H11ClF3NO2. The first-order valence-corrected chi connectivity index (χ1v) is 6.42. The van der Waals surface area contributed by atoms with Crippen molar-refractivity contribution >= 4 is 11.6 Å². The van der Waals surface area contributed by atoms with Gasteiger partial charge in [0.05, 0.1) is 13.0 Å². The van der Waals surface area contributed by atoms with Crippen LogP contribution in [-0.4, -0.2) is 18.7 Å². The summed E-state index contributed by atoms with van der Waals surface area (Å²) in [4.78, 5) is 4.07. The van der Waals surface area contributed by atoms with E-state index < -0.39 is 18.2 Å². The fraction of sp³-hybridized carbons (Fsp3) is 0.214. The number of halogens is 4. The summed E-state index contributed by atoms with van der Waals surface area (Å²) in [6, 6.07) is 5.37. The molecule has 0 saturated heterocycles. The molecule has 0 aliphatic heterocycles. The van der Waals surface area contributed by atoms with E-state index in [1.54, 1.807) is 6.07 Å². The van der Waals surface area contributed by atoms with Gasteiger partial charge in [-0.2, -0.15) is 8.78 Å². The highest BCUT2D eigenvalue weighted by Crippen LogP contribution is 2.30. The minimum atomic E-state index is -3.10. The second kappa shape index (κ2) is 6.67. The van der Waals surface area contributed by atoms with E-state index >= 15 is 0 Å². The largest absolute Gasteiger partial charge is 0.481 e. The highest BCUT2D eigenvalue weighted by molar-refractivity contribution is 6.17. The molecule has 0 saturated carbocycles. The molecule has 1 aromatic heterocycles. The molecule has 0 amide bonds. The predicted octanol–water partition coefficient (Wildman–Crippen LogP) is 4.24. The van der Waals surface area contributed by atoms with Gasteiger partial charge < -0.3 is 9.47 Å². The molecule has 0 spiro atoms. The van der Waals surface area contributed by atoms with Crippen LogP contribution in [0.4, 0.5) is 13.2 Å². The summed E-state index contributed by atoms with van der Waals surface area (Å²) in [5.41, 5.74) is 1.71. The highest BCUT2D eigenvalue weighted by Gasteiger charge is 2.13. The second-order valence-electron chi connectivity index (χ2n) is 4.05. The smallest absolute Gasteiger partial charge is 0.387 e. The van der Waals surface area contributed by atoms with Gasteiger partial charge in [0.1, 0.15) is 0 Å². The van der Waals surface area contributed by atoms with Crippen molar-refractivity contribution < 1.29 is 22.6 Å². The van der Waals surface area contributed by atoms with Crippen molar-refractivity contribution in [3.05, 3.63) is 41.8 Å². The van der Waals surface area contributed by atoms with Crippen LogP contribution >= 0.6 is 11.6 Å². The Balaban J connectivity index is 2.42. The zero-order valence-corrected chi connectivity index (χ0v) is 11.7. The summed E-state index contributed by atoms with van der Waals surface area (Å²) in [6.07, 6.45) is 1.48. The molecular weight excluding hydrogens is 307 g/mol. The van der Waals surface area contributed by atoms with Gasteiger partial charge in [-0.25, -0.2) is 9.37 Å². The number of pyridine rings is 1. The lowest BCUT2D eigenvalue weighted by Gasteiger charge is -2.10. The number of nitrogens with zero attached hydrogens (tertiary/aromatic N) is 1. The maximum absolute atomic E-state index is 13.4. The van der Waals surface area contributed by atoms with E-state index in [9.17, 15) is 13.2 Å². The highest BCUT2D eigenvalue weighted by atomic mass is 35.5. The first kappa shape index (κ1) is 15.4. The van der Waals surface area contributed by atoms with Gasteiger partial charge in [-0.05, 0) is 23.8 Å². The minimum Gasteiger partial charge on any atom is -0.481 e. The monoisotopic (exact) mass is 317 g/mol. The molecule has 21 heavy (non-hydrogen) atoms. The van der Waals surface area contributed by atoms with Crippen LogP contribution in [0.3, 0.4) is 0 Å². The lowest BCUT2D eigenvalue weighted by molar-refractivity contribution is -0.0521. The number of methoxy groups -OCH3 is 1. The molecule has 0 bridgehead atoms. The van der Waals surface area contributed by atoms with Gasteiger partial charge >= 0.3 is 6.61 Å². The Morgan fingerprint density at radius 2 is 2.00 bits per heavy atom. The van der Waals surface area contributed by atoms with Gasteiger partial charge in [0.25, 0.3) is 0 Å². The van der Waals surface area contributed by atoms with Gasteiger partial charge in [0, 0.05) is 17.3 Å². The molecule has 0 radical (unpaired) electrons. The molecule has 0 atom stereocenters. The third-order valence-corrected chi connectivity index (χ3v) is 3.03. The summed E-state index contributed by atoms with van der Waals surface area (Å²) in [5, 5.41) is 0. The van der Waals surface area contributed by atoms with Crippen molar-refractivity contribution in [1.82, 2.24) is 4.98 Å². The maximum Gasteiger partial charge on any atom is 0.387 e. The molecule has 7 heteroatoms. The molecule has 0 unspecified atom stereocenters. The summed E-state index contributed by atoms with van der Waals surface area (Å²) in [5.74, 6) is -0.838. The van der Waals surface area contributed by atoms with Crippen molar-refractivity contribution in [3.8, 4) is 22.8 Å². The topological polar surface area (TPSA) is 31.4 Å². The van der Waals surface area contributed by atoms with E-state index in [0.29, 0.717) is 22.6 Å². The Labute approximate surface area is 124 Å². The second-order valence-corrected chi connectivity index (χ2v) is 4.32. The zero-order valence-electron chi connectivity index (χ0n) is 10.9. The fourth-order valence-electron chi connectivity index (χ4n) is 1.80.